The molecule has 7 heteroatoms. The minimum absolute atomic E-state index is 0.109. The topological polar surface area (TPSA) is 66.4 Å². The van der Waals surface area contributed by atoms with E-state index in [9.17, 15) is 17.9 Å². The number of anilines is 1. The molecule has 1 aromatic rings. The summed E-state index contributed by atoms with van der Waals surface area (Å²) < 4.78 is 36.3. The highest BCUT2D eigenvalue weighted by atomic mass is 79.9. The van der Waals surface area contributed by atoms with Gasteiger partial charge in [0.05, 0.1) is 28.1 Å². The maximum atomic E-state index is 13.3. The molecule has 0 aliphatic carbocycles. The van der Waals surface area contributed by atoms with Crippen LogP contribution in [0.2, 0.25) is 0 Å². The highest BCUT2D eigenvalue weighted by molar-refractivity contribution is 9.10. The first kappa shape index (κ1) is 13.8. The van der Waals surface area contributed by atoms with E-state index in [1.807, 2.05) is 0 Å². The molecule has 0 radical (unpaired) electrons. The van der Waals surface area contributed by atoms with E-state index in [1.165, 1.54) is 6.07 Å². The molecule has 4 nitrogen and oxygen atoms in total. The molecule has 0 spiro atoms. The molecule has 18 heavy (non-hydrogen) atoms. The SMILES string of the molecule is Cc1cc(F)c(Br)cc1NC1CS(=O)(=O)CC1O. The average molecular weight is 338 g/mol. The highest BCUT2D eigenvalue weighted by Crippen LogP contribution is 2.26. The van der Waals surface area contributed by atoms with E-state index < -0.39 is 22.0 Å². The van der Waals surface area contributed by atoms with Gasteiger partial charge in [-0.3, -0.25) is 0 Å². The first-order valence-corrected chi connectivity index (χ1v) is 8.00. The summed E-state index contributed by atoms with van der Waals surface area (Å²) in [5.41, 5.74) is 1.27. The van der Waals surface area contributed by atoms with Crippen LogP contribution in [-0.4, -0.2) is 37.2 Å². The zero-order chi connectivity index (χ0) is 13.5. The molecule has 1 fully saturated rings. The van der Waals surface area contributed by atoms with Gasteiger partial charge in [0.2, 0.25) is 0 Å². The predicted molar refractivity (Wildman–Crippen MR) is 70.9 cm³/mol. The van der Waals surface area contributed by atoms with Gasteiger partial charge in [-0.05, 0) is 40.5 Å². The van der Waals surface area contributed by atoms with Crippen molar-refractivity contribution in [1.82, 2.24) is 0 Å². The van der Waals surface area contributed by atoms with Crippen LogP contribution in [0.1, 0.15) is 5.56 Å². The molecule has 100 valence electrons. The van der Waals surface area contributed by atoms with Crippen molar-refractivity contribution in [3.05, 3.63) is 28.0 Å². The Morgan fingerprint density at radius 2 is 2.11 bits per heavy atom. The minimum Gasteiger partial charge on any atom is -0.390 e. The van der Waals surface area contributed by atoms with Gasteiger partial charge >= 0.3 is 0 Å². The van der Waals surface area contributed by atoms with Gasteiger partial charge < -0.3 is 10.4 Å². The molecular weight excluding hydrogens is 325 g/mol. The highest BCUT2D eigenvalue weighted by Gasteiger charge is 2.36. The number of benzene rings is 1. The summed E-state index contributed by atoms with van der Waals surface area (Å²) >= 11 is 3.07. The van der Waals surface area contributed by atoms with Crippen LogP contribution in [0.15, 0.2) is 16.6 Å². The number of rotatable bonds is 2. The Hall–Kier alpha value is -0.660. The first-order valence-electron chi connectivity index (χ1n) is 5.39. The monoisotopic (exact) mass is 337 g/mol. The van der Waals surface area contributed by atoms with Crippen molar-refractivity contribution in [2.75, 3.05) is 16.8 Å². The van der Waals surface area contributed by atoms with Crippen molar-refractivity contribution in [1.29, 1.82) is 0 Å². The molecule has 1 saturated heterocycles. The number of hydrogen-bond donors (Lipinski definition) is 2. The third kappa shape index (κ3) is 2.84. The molecule has 1 aromatic carbocycles. The number of aryl methyl sites for hydroxylation is 1. The lowest BCUT2D eigenvalue weighted by atomic mass is 10.1. The molecule has 1 aliphatic rings. The van der Waals surface area contributed by atoms with Crippen molar-refractivity contribution >= 4 is 31.5 Å². The molecule has 0 aromatic heterocycles. The molecule has 2 N–H and O–H groups in total. The summed E-state index contributed by atoms with van der Waals surface area (Å²) in [5.74, 6) is -0.716. The second-order valence-electron chi connectivity index (χ2n) is 4.48. The first-order chi connectivity index (χ1) is 8.28. The zero-order valence-electron chi connectivity index (χ0n) is 9.65. The predicted octanol–water partition coefficient (Wildman–Crippen LogP) is 1.47. The van der Waals surface area contributed by atoms with Gasteiger partial charge in [0.1, 0.15) is 5.82 Å². The van der Waals surface area contributed by atoms with E-state index in [0.29, 0.717) is 15.7 Å². The maximum Gasteiger partial charge on any atom is 0.155 e. The number of hydrogen-bond acceptors (Lipinski definition) is 4. The van der Waals surface area contributed by atoms with Crippen molar-refractivity contribution in [3.63, 3.8) is 0 Å². The van der Waals surface area contributed by atoms with Gasteiger partial charge in [-0.2, -0.15) is 0 Å². The molecule has 2 unspecified atom stereocenters. The van der Waals surface area contributed by atoms with Gasteiger partial charge in [-0.15, -0.1) is 0 Å². The van der Waals surface area contributed by atoms with E-state index in [2.05, 4.69) is 21.2 Å². The molecule has 2 rings (SSSR count). The van der Waals surface area contributed by atoms with Gasteiger partial charge in [0.15, 0.2) is 9.84 Å². The molecule has 2 atom stereocenters. The summed E-state index contributed by atoms with van der Waals surface area (Å²) in [6.07, 6.45) is -0.932. The largest absolute Gasteiger partial charge is 0.390 e. The van der Waals surface area contributed by atoms with Gasteiger partial charge in [-0.1, -0.05) is 0 Å². The van der Waals surface area contributed by atoms with E-state index in [-0.39, 0.29) is 17.3 Å². The summed E-state index contributed by atoms with van der Waals surface area (Å²) in [6.45, 7) is 1.72. The molecular formula is C11H13BrFNO3S. The van der Waals surface area contributed by atoms with Gasteiger partial charge in [-0.25, -0.2) is 12.8 Å². The van der Waals surface area contributed by atoms with E-state index in [4.69, 9.17) is 0 Å². The number of aliphatic hydroxyl groups excluding tert-OH is 1. The maximum absolute atomic E-state index is 13.3. The van der Waals surface area contributed by atoms with Gasteiger partial charge in [0.25, 0.3) is 0 Å². The quantitative estimate of drug-likeness (QED) is 0.857. The van der Waals surface area contributed by atoms with Gasteiger partial charge in [0, 0.05) is 5.69 Å². The Bertz CT molecular complexity index is 576. The van der Waals surface area contributed by atoms with E-state index in [1.54, 1.807) is 13.0 Å². The van der Waals surface area contributed by atoms with Crippen LogP contribution < -0.4 is 5.32 Å². The molecule has 0 saturated carbocycles. The number of sulfone groups is 1. The van der Waals surface area contributed by atoms with Crippen LogP contribution in [-0.2, 0) is 9.84 Å². The fraction of sp³-hybridized carbons (Fsp3) is 0.455. The lowest BCUT2D eigenvalue weighted by Crippen LogP contribution is -2.32. The Kier molecular flexibility index (Phi) is 3.66. The number of nitrogens with one attached hydrogen (secondary N) is 1. The molecule has 1 aliphatic heterocycles. The Labute approximate surface area is 113 Å². The zero-order valence-corrected chi connectivity index (χ0v) is 12.1. The summed E-state index contributed by atoms with van der Waals surface area (Å²) in [7, 11) is -3.19. The fourth-order valence-corrected chi connectivity index (χ4v) is 4.05. The third-order valence-corrected chi connectivity index (χ3v) is 5.25. The van der Waals surface area contributed by atoms with Crippen molar-refractivity contribution in [2.45, 2.75) is 19.1 Å². The smallest absolute Gasteiger partial charge is 0.155 e. The summed E-state index contributed by atoms with van der Waals surface area (Å²) in [5, 5.41) is 12.6. The number of halogens is 2. The average Bonchev–Trinajstić information content (AvgIpc) is 2.48. The second kappa shape index (κ2) is 4.79. The molecule has 0 amide bonds. The molecule has 1 heterocycles. The number of aliphatic hydroxyl groups is 1. The summed E-state index contributed by atoms with van der Waals surface area (Å²) in [6, 6.07) is 2.34. The van der Waals surface area contributed by atoms with E-state index in [0.717, 1.165) is 0 Å². The van der Waals surface area contributed by atoms with Crippen LogP contribution in [0, 0.1) is 12.7 Å². The van der Waals surface area contributed by atoms with Crippen LogP contribution in [0.25, 0.3) is 0 Å². The van der Waals surface area contributed by atoms with Crippen LogP contribution in [0.5, 0.6) is 0 Å². The lowest BCUT2D eigenvalue weighted by molar-refractivity contribution is 0.190. The van der Waals surface area contributed by atoms with Crippen LogP contribution in [0.4, 0.5) is 10.1 Å². The lowest BCUT2D eigenvalue weighted by Gasteiger charge is -2.18. The minimum atomic E-state index is -3.19. The third-order valence-electron chi connectivity index (χ3n) is 2.93. The van der Waals surface area contributed by atoms with E-state index >= 15 is 0 Å². The fourth-order valence-electron chi connectivity index (χ4n) is 1.97. The van der Waals surface area contributed by atoms with Crippen molar-refractivity contribution in [3.8, 4) is 0 Å². The Morgan fingerprint density at radius 3 is 2.67 bits per heavy atom. The second-order valence-corrected chi connectivity index (χ2v) is 7.48. The van der Waals surface area contributed by atoms with Crippen LogP contribution in [0.3, 0.4) is 0 Å². The van der Waals surface area contributed by atoms with Crippen LogP contribution >= 0.6 is 15.9 Å². The Morgan fingerprint density at radius 1 is 1.44 bits per heavy atom. The summed E-state index contributed by atoms with van der Waals surface area (Å²) in [4.78, 5) is 0. The Balaban J connectivity index is 2.23. The molecule has 0 bridgehead atoms. The standard InChI is InChI=1S/C11H13BrFNO3S/c1-6-2-8(13)7(12)3-9(6)14-10-4-18(16,17)5-11(10)15/h2-3,10-11,14-15H,4-5H2,1H3. The van der Waals surface area contributed by atoms with Crippen molar-refractivity contribution in [2.24, 2.45) is 0 Å². The van der Waals surface area contributed by atoms with Crippen molar-refractivity contribution < 1.29 is 17.9 Å². The normalized spacial score (nSPS) is 26.2.